The van der Waals surface area contributed by atoms with E-state index in [1.54, 1.807) is 26.8 Å². The van der Waals surface area contributed by atoms with Gasteiger partial charge in [-0.2, -0.15) is 8.42 Å². The SMILES string of the molecule is CC(C)(C)OC(=O)Nc1ccc(Cl)c(COS(C)(=O)=O)c1. The Labute approximate surface area is 129 Å². The van der Waals surface area contributed by atoms with Gasteiger partial charge in [0.25, 0.3) is 10.1 Å². The number of nitrogens with one attached hydrogen (secondary N) is 1. The molecule has 21 heavy (non-hydrogen) atoms. The number of carbonyl (C=O) groups is 1. The van der Waals surface area contributed by atoms with Gasteiger partial charge in [-0.1, -0.05) is 11.6 Å². The summed E-state index contributed by atoms with van der Waals surface area (Å²) in [4.78, 5) is 11.6. The van der Waals surface area contributed by atoms with Gasteiger partial charge in [0.15, 0.2) is 0 Å². The van der Waals surface area contributed by atoms with Crippen molar-refractivity contribution in [1.82, 2.24) is 0 Å². The van der Waals surface area contributed by atoms with Gasteiger partial charge in [-0.05, 0) is 44.5 Å². The van der Waals surface area contributed by atoms with Crippen LogP contribution in [0, 0.1) is 0 Å². The second-order valence-electron chi connectivity index (χ2n) is 5.40. The van der Waals surface area contributed by atoms with Crippen molar-refractivity contribution in [3.63, 3.8) is 0 Å². The van der Waals surface area contributed by atoms with Gasteiger partial charge in [-0.15, -0.1) is 0 Å². The van der Waals surface area contributed by atoms with Gasteiger partial charge in [0.1, 0.15) is 5.60 Å². The molecule has 0 saturated heterocycles. The molecule has 1 aromatic carbocycles. The third kappa shape index (κ3) is 7.31. The number of hydrogen-bond acceptors (Lipinski definition) is 5. The molecule has 0 saturated carbocycles. The van der Waals surface area contributed by atoms with Gasteiger partial charge in [-0.3, -0.25) is 9.50 Å². The average Bonchev–Trinajstić information content (AvgIpc) is 2.26. The molecular weight excluding hydrogens is 318 g/mol. The van der Waals surface area contributed by atoms with E-state index in [9.17, 15) is 13.2 Å². The van der Waals surface area contributed by atoms with E-state index in [0.717, 1.165) is 6.26 Å². The highest BCUT2D eigenvalue weighted by molar-refractivity contribution is 7.85. The van der Waals surface area contributed by atoms with Crippen LogP contribution in [0.1, 0.15) is 26.3 Å². The number of benzene rings is 1. The fourth-order valence-electron chi connectivity index (χ4n) is 1.36. The quantitative estimate of drug-likeness (QED) is 0.855. The molecule has 0 fully saturated rings. The van der Waals surface area contributed by atoms with Crippen LogP contribution in [0.4, 0.5) is 10.5 Å². The number of rotatable bonds is 4. The highest BCUT2D eigenvalue weighted by atomic mass is 35.5. The lowest BCUT2D eigenvalue weighted by Crippen LogP contribution is -2.27. The summed E-state index contributed by atoms with van der Waals surface area (Å²) in [7, 11) is -3.57. The van der Waals surface area contributed by atoms with Gasteiger partial charge in [0.2, 0.25) is 0 Å². The molecule has 0 aliphatic heterocycles. The van der Waals surface area contributed by atoms with Crippen LogP contribution < -0.4 is 5.32 Å². The molecule has 1 aromatic rings. The molecule has 0 aliphatic rings. The summed E-state index contributed by atoms with van der Waals surface area (Å²) in [6.45, 7) is 5.04. The minimum absolute atomic E-state index is 0.207. The van der Waals surface area contributed by atoms with Crippen LogP contribution in [0.2, 0.25) is 5.02 Å². The lowest BCUT2D eigenvalue weighted by Gasteiger charge is -2.19. The Morgan fingerprint density at radius 1 is 1.33 bits per heavy atom. The Balaban J connectivity index is 2.79. The van der Waals surface area contributed by atoms with Crippen LogP contribution in [-0.2, 0) is 25.6 Å². The molecule has 0 atom stereocenters. The second-order valence-corrected chi connectivity index (χ2v) is 7.45. The van der Waals surface area contributed by atoms with E-state index in [1.165, 1.54) is 12.1 Å². The topological polar surface area (TPSA) is 81.7 Å². The maximum absolute atomic E-state index is 11.6. The Kier molecular flexibility index (Phi) is 5.61. The van der Waals surface area contributed by atoms with Crippen LogP contribution in [0.15, 0.2) is 18.2 Å². The maximum Gasteiger partial charge on any atom is 0.412 e. The summed E-state index contributed by atoms with van der Waals surface area (Å²) in [6.07, 6.45) is 0.337. The van der Waals surface area contributed by atoms with Crippen molar-refractivity contribution in [3.05, 3.63) is 28.8 Å². The molecule has 118 valence electrons. The molecule has 1 rings (SSSR count). The summed E-state index contributed by atoms with van der Waals surface area (Å²) in [6, 6.07) is 4.64. The highest BCUT2D eigenvalue weighted by Gasteiger charge is 2.16. The highest BCUT2D eigenvalue weighted by Crippen LogP contribution is 2.22. The smallest absolute Gasteiger partial charge is 0.412 e. The van der Waals surface area contributed by atoms with E-state index in [1.807, 2.05) is 0 Å². The van der Waals surface area contributed by atoms with Crippen molar-refractivity contribution < 1.29 is 22.1 Å². The largest absolute Gasteiger partial charge is 0.444 e. The Morgan fingerprint density at radius 3 is 2.48 bits per heavy atom. The number of halogens is 1. The molecule has 0 bridgehead atoms. The van der Waals surface area contributed by atoms with Crippen molar-refractivity contribution in [1.29, 1.82) is 0 Å². The van der Waals surface area contributed by atoms with E-state index in [-0.39, 0.29) is 6.61 Å². The minimum Gasteiger partial charge on any atom is -0.444 e. The first-order valence-electron chi connectivity index (χ1n) is 6.09. The van der Waals surface area contributed by atoms with Crippen molar-refractivity contribution in [2.45, 2.75) is 33.0 Å². The zero-order valence-electron chi connectivity index (χ0n) is 12.3. The van der Waals surface area contributed by atoms with E-state index in [2.05, 4.69) is 9.50 Å². The van der Waals surface area contributed by atoms with Crippen molar-refractivity contribution in [2.24, 2.45) is 0 Å². The molecule has 0 aromatic heterocycles. The fraction of sp³-hybridized carbons (Fsp3) is 0.462. The van der Waals surface area contributed by atoms with Gasteiger partial charge >= 0.3 is 6.09 Å². The lowest BCUT2D eigenvalue weighted by molar-refractivity contribution is 0.0636. The normalized spacial score (nSPS) is 12.0. The molecule has 0 heterocycles. The summed E-state index contributed by atoms with van der Waals surface area (Å²) < 4.78 is 31.8. The van der Waals surface area contributed by atoms with Crippen LogP contribution >= 0.6 is 11.6 Å². The maximum atomic E-state index is 11.6. The Hall–Kier alpha value is -1.31. The number of carbonyl (C=O) groups excluding carboxylic acids is 1. The third-order valence-corrected chi connectivity index (χ3v) is 3.03. The van der Waals surface area contributed by atoms with E-state index in [0.29, 0.717) is 16.3 Å². The van der Waals surface area contributed by atoms with E-state index >= 15 is 0 Å². The molecule has 1 amide bonds. The summed E-state index contributed by atoms with van der Waals surface area (Å²) >= 11 is 5.95. The molecule has 0 aliphatic carbocycles. The van der Waals surface area contributed by atoms with Gasteiger partial charge in [-0.25, -0.2) is 4.79 Å². The van der Waals surface area contributed by atoms with Crippen molar-refractivity contribution in [3.8, 4) is 0 Å². The lowest BCUT2D eigenvalue weighted by atomic mass is 10.2. The monoisotopic (exact) mass is 335 g/mol. The first-order chi connectivity index (χ1) is 9.46. The van der Waals surface area contributed by atoms with E-state index < -0.39 is 21.8 Å². The molecule has 0 radical (unpaired) electrons. The van der Waals surface area contributed by atoms with Crippen LogP contribution in [0.25, 0.3) is 0 Å². The molecule has 1 N–H and O–H groups in total. The molecule has 6 nitrogen and oxygen atoms in total. The van der Waals surface area contributed by atoms with Crippen molar-refractivity contribution >= 4 is 33.5 Å². The molecule has 0 spiro atoms. The number of anilines is 1. The third-order valence-electron chi connectivity index (χ3n) is 2.12. The minimum atomic E-state index is -3.57. The Bertz CT molecular complexity index is 622. The molecular formula is C13H18ClNO5S. The predicted molar refractivity (Wildman–Crippen MR) is 80.9 cm³/mol. The fourth-order valence-corrected chi connectivity index (χ4v) is 1.87. The van der Waals surface area contributed by atoms with Crippen LogP contribution in [0.3, 0.4) is 0 Å². The average molecular weight is 336 g/mol. The van der Waals surface area contributed by atoms with Gasteiger partial charge in [0, 0.05) is 10.7 Å². The van der Waals surface area contributed by atoms with E-state index in [4.69, 9.17) is 16.3 Å². The first-order valence-corrected chi connectivity index (χ1v) is 8.28. The number of hydrogen-bond donors (Lipinski definition) is 1. The zero-order valence-corrected chi connectivity index (χ0v) is 13.8. The summed E-state index contributed by atoms with van der Waals surface area (Å²) in [5.41, 5.74) is 0.259. The first kappa shape index (κ1) is 17.7. The molecule has 8 heteroatoms. The number of amides is 1. The van der Waals surface area contributed by atoms with Gasteiger partial charge < -0.3 is 4.74 Å². The zero-order chi connectivity index (χ0) is 16.3. The Morgan fingerprint density at radius 2 is 1.95 bits per heavy atom. The van der Waals surface area contributed by atoms with Gasteiger partial charge in [0.05, 0.1) is 12.9 Å². The second kappa shape index (κ2) is 6.64. The summed E-state index contributed by atoms with van der Waals surface area (Å²) in [5, 5.41) is 2.88. The van der Waals surface area contributed by atoms with Crippen molar-refractivity contribution in [2.75, 3.05) is 11.6 Å². The van der Waals surface area contributed by atoms with Crippen LogP contribution in [-0.4, -0.2) is 26.4 Å². The number of ether oxygens (including phenoxy) is 1. The predicted octanol–water partition coefficient (Wildman–Crippen LogP) is 3.16. The standard InChI is InChI=1S/C13H18ClNO5S/c1-13(2,3)20-12(16)15-10-5-6-11(14)9(7-10)8-19-21(4,17)18/h5-7H,8H2,1-4H3,(H,15,16). The molecule has 0 unspecified atom stereocenters. The van der Waals surface area contributed by atoms with Crippen LogP contribution in [0.5, 0.6) is 0 Å². The summed E-state index contributed by atoms with van der Waals surface area (Å²) in [5.74, 6) is 0.